The van der Waals surface area contributed by atoms with Gasteiger partial charge in [-0.3, -0.25) is 14.6 Å². The van der Waals surface area contributed by atoms with Gasteiger partial charge in [-0.25, -0.2) is 0 Å². The molecule has 0 aliphatic carbocycles. The van der Waals surface area contributed by atoms with Gasteiger partial charge in [-0.05, 0) is 57.0 Å². The van der Waals surface area contributed by atoms with E-state index < -0.39 is 0 Å². The minimum atomic E-state index is 0.213. The van der Waals surface area contributed by atoms with Crippen molar-refractivity contribution in [2.45, 2.75) is 19.4 Å². The number of nitrogens with one attached hydrogen (secondary N) is 1. The highest BCUT2D eigenvalue weighted by Gasteiger charge is 2.19. The number of nitrogens with zero attached hydrogens (tertiary/aromatic N) is 3. The summed E-state index contributed by atoms with van der Waals surface area (Å²) in [5.41, 5.74) is 0.986. The molecule has 0 amide bonds. The van der Waals surface area contributed by atoms with Crippen molar-refractivity contribution in [3.63, 3.8) is 0 Å². The molecule has 20 heavy (non-hydrogen) atoms. The van der Waals surface area contributed by atoms with Crippen LogP contribution >= 0.6 is 12.2 Å². The first kappa shape index (κ1) is 14.7. The monoisotopic (exact) mass is 292 g/mol. The van der Waals surface area contributed by atoms with E-state index in [2.05, 4.69) is 22.0 Å². The Morgan fingerprint density at radius 1 is 1.35 bits per heavy atom. The van der Waals surface area contributed by atoms with E-state index in [4.69, 9.17) is 17.0 Å². The number of methoxy groups -OCH3 is 1. The van der Waals surface area contributed by atoms with Gasteiger partial charge in [0.25, 0.3) is 0 Å². The topological polar surface area (TPSA) is 46.1 Å². The molecule has 1 heterocycles. The summed E-state index contributed by atoms with van der Waals surface area (Å²) < 4.78 is 7.76. The Morgan fingerprint density at radius 3 is 2.50 bits per heavy atom. The Kier molecular flexibility index (Phi) is 4.57. The Labute approximate surface area is 124 Å². The second-order valence-corrected chi connectivity index (χ2v) is 5.19. The molecule has 0 unspecified atom stereocenters. The van der Waals surface area contributed by atoms with Crippen LogP contribution in [0.2, 0.25) is 0 Å². The van der Waals surface area contributed by atoms with Gasteiger partial charge < -0.3 is 4.74 Å². The summed E-state index contributed by atoms with van der Waals surface area (Å²) in [6, 6.07) is 8.02. The number of H-pyrrole nitrogens is 1. The summed E-state index contributed by atoms with van der Waals surface area (Å²) in [5.74, 6) is 1.75. The van der Waals surface area contributed by atoms with E-state index in [0.29, 0.717) is 4.77 Å². The third kappa shape index (κ3) is 2.76. The normalized spacial score (nSPS) is 12.7. The van der Waals surface area contributed by atoms with Gasteiger partial charge in [0.2, 0.25) is 0 Å². The first-order valence-corrected chi connectivity index (χ1v) is 6.97. The molecule has 0 aliphatic heterocycles. The fourth-order valence-corrected chi connectivity index (χ4v) is 2.54. The zero-order chi connectivity index (χ0) is 14.7. The molecule has 0 fully saturated rings. The fourth-order valence-electron chi connectivity index (χ4n) is 2.29. The number of aromatic nitrogens is 3. The van der Waals surface area contributed by atoms with Gasteiger partial charge in [0.15, 0.2) is 10.6 Å². The summed E-state index contributed by atoms with van der Waals surface area (Å²) in [6.45, 7) is 2.14. The standard InChI is InChI=1S/C14H20N4OS/c1-5-12(17(2)3)13-15-16-14(20)18(13)10-6-8-11(19-4)9-7-10/h6-9,12H,5H2,1-4H3,(H,16,20)/t12-/m1/s1. The highest BCUT2D eigenvalue weighted by Crippen LogP contribution is 2.24. The van der Waals surface area contributed by atoms with Crippen LogP contribution in [0.4, 0.5) is 0 Å². The van der Waals surface area contributed by atoms with Crippen LogP contribution in [0.25, 0.3) is 5.69 Å². The smallest absolute Gasteiger partial charge is 0.199 e. The Balaban J connectivity index is 2.50. The van der Waals surface area contributed by atoms with E-state index in [1.165, 1.54) is 0 Å². The average molecular weight is 292 g/mol. The summed E-state index contributed by atoms with van der Waals surface area (Å²) in [7, 11) is 5.75. The molecule has 0 spiro atoms. The predicted octanol–water partition coefficient (Wildman–Crippen LogP) is 2.95. The van der Waals surface area contributed by atoms with Crippen LogP contribution in [0.15, 0.2) is 24.3 Å². The average Bonchev–Trinajstić information content (AvgIpc) is 2.81. The molecule has 0 aliphatic rings. The molecule has 0 saturated heterocycles. The van der Waals surface area contributed by atoms with Gasteiger partial charge in [0, 0.05) is 5.69 Å². The second kappa shape index (κ2) is 6.19. The van der Waals surface area contributed by atoms with Crippen LogP contribution in [0.5, 0.6) is 5.75 Å². The van der Waals surface area contributed by atoms with Crippen LogP contribution in [0.1, 0.15) is 25.2 Å². The van der Waals surface area contributed by atoms with Crippen LogP contribution < -0.4 is 4.74 Å². The van der Waals surface area contributed by atoms with Crippen LogP contribution in [0.3, 0.4) is 0 Å². The summed E-state index contributed by atoms with van der Waals surface area (Å²) in [6.07, 6.45) is 0.961. The lowest BCUT2D eigenvalue weighted by atomic mass is 10.2. The quantitative estimate of drug-likeness (QED) is 0.861. The van der Waals surface area contributed by atoms with Crippen molar-refractivity contribution >= 4 is 12.2 Å². The third-order valence-electron chi connectivity index (χ3n) is 3.34. The van der Waals surface area contributed by atoms with Gasteiger partial charge in [0.1, 0.15) is 5.75 Å². The van der Waals surface area contributed by atoms with Crippen molar-refractivity contribution in [3.8, 4) is 11.4 Å². The zero-order valence-electron chi connectivity index (χ0n) is 12.3. The number of aromatic amines is 1. The SMILES string of the molecule is CC[C@H](c1n[nH]c(=S)n1-c1ccc(OC)cc1)N(C)C. The largest absolute Gasteiger partial charge is 0.497 e. The van der Waals surface area contributed by atoms with E-state index in [1.807, 2.05) is 42.9 Å². The maximum Gasteiger partial charge on any atom is 0.199 e. The van der Waals surface area contributed by atoms with Crippen molar-refractivity contribution in [2.24, 2.45) is 0 Å². The molecule has 1 atom stereocenters. The predicted molar refractivity (Wildman–Crippen MR) is 82.0 cm³/mol. The lowest BCUT2D eigenvalue weighted by Gasteiger charge is -2.22. The molecule has 2 rings (SSSR count). The molecule has 0 radical (unpaired) electrons. The van der Waals surface area contributed by atoms with E-state index in [-0.39, 0.29) is 6.04 Å². The summed E-state index contributed by atoms with van der Waals surface area (Å²) >= 11 is 5.36. The minimum Gasteiger partial charge on any atom is -0.497 e. The molecular formula is C14H20N4OS. The van der Waals surface area contributed by atoms with Crippen molar-refractivity contribution in [3.05, 3.63) is 34.9 Å². The lowest BCUT2D eigenvalue weighted by molar-refractivity contribution is 0.277. The highest BCUT2D eigenvalue weighted by molar-refractivity contribution is 7.71. The van der Waals surface area contributed by atoms with Gasteiger partial charge in [-0.15, -0.1) is 0 Å². The Hall–Kier alpha value is -1.66. The number of hydrogen-bond acceptors (Lipinski definition) is 4. The van der Waals surface area contributed by atoms with Crippen LogP contribution in [-0.2, 0) is 0 Å². The van der Waals surface area contributed by atoms with E-state index in [0.717, 1.165) is 23.7 Å². The molecule has 1 aromatic heterocycles. The zero-order valence-corrected chi connectivity index (χ0v) is 13.1. The van der Waals surface area contributed by atoms with E-state index in [9.17, 15) is 0 Å². The Bertz CT molecular complexity index is 615. The summed E-state index contributed by atoms with van der Waals surface area (Å²) in [5, 5.41) is 7.29. The van der Waals surface area contributed by atoms with E-state index >= 15 is 0 Å². The molecule has 6 heteroatoms. The highest BCUT2D eigenvalue weighted by atomic mass is 32.1. The van der Waals surface area contributed by atoms with Gasteiger partial charge in [-0.1, -0.05) is 6.92 Å². The number of ether oxygens (including phenoxy) is 1. The molecule has 108 valence electrons. The van der Waals surface area contributed by atoms with Crippen LogP contribution in [-0.4, -0.2) is 40.9 Å². The molecule has 0 bridgehead atoms. The number of benzene rings is 1. The second-order valence-electron chi connectivity index (χ2n) is 4.81. The fraction of sp³-hybridized carbons (Fsp3) is 0.429. The molecule has 5 nitrogen and oxygen atoms in total. The molecular weight excluding hydrogens is 272 g/mol. The maximum absolute atomic E-state index is 5.36. The molecule has 2 aromatic rings. The van der Waals surface area contributed by atoms with E-state index in [1.54, 1.807) is 7.11 Å². The van der Waals surface area contributed by atoms with Crippen molar-refractivity contribution < 1.29 is 4.74 Å². The van der Waals surface area contributed by atoms with Crippen molar-refractivity contribution in [2.75, 3.05) is 21.2 Å². The lowest BCUT2D eigenvalue weighted by Crippen LogP contribution is -2.22. The van der Waals surface area contributed by atoms with Gasteiger partial charge in [-0.2, -0.15) is 5.10 Å². The molecule has 1 N–H and O–H groups in total. The minimum absolute atomic E-state index is 0.213. The Morgan fingerprint density at radius 2 is 2.00 bits per heavy atom. The third-order valence-corrected chi connectivity index (χ3v) is 3.61. The van der Waals surface area contributed by atoms with Gasteiger partial charge >= 0.3 is 0 Å². The first-order valence-electron chi connectivity index (χ1n) is 6.56. The summed E-state index contributed by atoms with van der Waals surface area (Å²) in [4.78, 5) is 2.14. The number of hydrogen-bond donors (Lipinski definition) is 1. The van der Waals surface area contributed by atoms with Crippen molar-refractivity contribution in [1.82, 2.24) is 19.7 Å². The van der Waals surface area contributed by atoms with Gasteiger partial charge in [0.05, 0.1) is 13.2 Å². The molecule has 0 saturated carbocycles. The van der Waals surface area contributed by atoms with Crippen molar-refractivity contribution in [1.29, 1.82) is 0 Å². The first-order chi connectivity index (χ1) is 9.58. The molecule has 1 aromatic carbocycles. The maximum atomic E-state index is 5.36. The number of rotatable bonds is 5. The van der Waals surface area contributed by atoms with Crippen LogP contribution in [0, 0.1) is 4.77 Å².